The van der Waals surface area contributed by atoms with Crippen molar-refractivity contribution in [3.05, 3.63) is 35.7 Å². The van der Waals surface area contributed by atoms with Crippen molar-refractivity contribution in [3.63, 3.8) is 0 Å². The predicted molar refractivity (Wildman–Crippen MR) is 115 cm³/mol. The second-order valence-corrected chi connectivity index (χ2v) is 8.75. The van der Waals surface area contributed by atoms with Crippen molar-refractivity contribution in [1.29, 1.82) is 0 Å². The number of nitrogens with two attached hydrogens (primary N) is 1. The summed E-state index contributed by atoms with van der Waals surface area (Å²) in [5.74, 6) is 1.48. The average Bonchev–Trinajstić information content (AvgIpc) is 3.05. The van der Waals surface area contributed by atoms with Gasteiger partial charge >= 0.3 is 0 Å². The van der Waals surface area contributed by atoms with Gasteiger partial charge in [0.15, 0.2) is 0 Å². The summed E-state index contributed by atoms with van der Waals surface area (Å²) in [5, 5.41) is 4.07. The van der Waals surface area contributed by atoms with Crippen LogP contribution in [0.4, 0.5) is 0 Å². The first-order valence-corrected chi connectivity index (χ1v) is 9.51. The number of amides is 1. The molecule has 2 rings (SSSR count). The smallest absolute Gasteiger partial charge is 0.253 e. The molecule has 1 aromatic carbocycles. The van der Waals surface area contributed by atoms with Gasteiger partial charge in [-0.2, -0.15) is 4.98 Å². The molecule has 156 valence electrons. The topological polar surface area (TPSA) is 85.2 Å². The molecule has 0 spiro atoms. The lowest BCUT2D eigenvalue weighted by molar-refractivity contribution is 0.0789. The number of aromatic nitrogens is 2. The van der Waals surface area contributed by atoms with Gasteiger partial charge in [0.25, 0.3) is 5.91 Å². The molecular weight excluding hydrogens is 376 g/mol. The SMILES string of the molecule is CC(C)C(N)CCN(C)C(=O)c1cccc(-c2noc(CC(C)(C)C)n2)c1.Cl. The van der Waals surface area contributed by atoms with Gasteiger partial charge < -0.3 is 15.2 Å². The zero-order chi connectivity index (χ0) is 20.2. The zero-order valence-corrected chi connectivity index (χ0v) is 18.5. The maximum atomic E-state index is 12.7. The molecule has 1 heterocycles. The molecule has 0 radical (unpaired) electrons. The Labute approximate surface area is 174 Å². The highest BCUT2D eigenvalue weighted by atomic mass is 35.5. The number of carbonyl (C=O) groups is 1. The molecule has 0 aliphatic heterocycles. The standard InChI is InChI=1S/C21H32N4O2.ClH/c1-14(2)17(22)10-11-25(6)20(26)16-9-7-8-15(12-16)19-23-18(27-24-19)13-21(3,4)5;/h7-9,12,14,17H,10-11,13,22H2,1-6H3;1H. The Morgan fingerprint density at radius 2 is 1.96 bits per heavy atom. The Kier molecular flexibility index (Phi) is 8.64. The summed E-state index contributed by atoms with van der Waals surface area (Å²) in [6.07, 6.45) is 1.48. The summed E-state index contributed by atoms with van der Waals surface area (Å²) in [5.41, 5.74) is 7.54. The van der Waals surface area contributed by atoms with Gasteiger partial charge in [-0.25, -0.2) is 0 Å². The quantitative estimate of drug-likeness (QED) is 0.742. The summed E-state index contributed by atoms with van der Waals surface area (Å²) >= 11 is 0. The van der Waals surface area contributed by atoms with Crippen LogP contribution in [0.25, 0.3) is 11.4 Å². The van der Waals surface area contributed by atoms with E-state index in [0.29, 0.717) is 36.2 Å². The Bertz CT molecular complexity index is 768. The summed E-state index contributed by atoms with van der Waals surface area (Å²) in [6.45, 7) is 11.2. The Morgan fingerprint density at radius 1 is 1.29 bits per heavy atom. The largest absolute Gasteiger partial charge is 0.342 e. The predicted octanol–water partition coefficient (Wildman–Crippen LogP) is 4.19. The Morgan fingerprint density at radius 3 is 2.57 bits per heavy atom. The average molecular weight is 409 g/mol. The molecule has 7 heteroatoms. The van der Waals surface area contributed by atoms with Crippen molar-refractivity contribution in [2.75, 3.05) is 13.6 Å². The van der Waals surface area contributed by atoms with E-state index in [2.05, 4.69) is 44.8 Å². The van der Waals surface area contributed by atoms with Crippen LogP contribution in [0.3, 0.4) is 0 Å². The van der Waals surface area contributed by atoms with Crippen LogP contribution in [0, 0.1) is 11.3 Å². The number of halogens is 1. The summed E-state index contributed by atoms with van der Waals surface area (Å²) in [7, 11) is 1.80. The molecule has 0 aliphatic rings. The van der Waals surface area contributed by atoms with Gasteiger partial charge in [0.05, 0.1) is 0 Å². The van der Waals surface area contributed by atoms with E-state index >= 15 is 0 Å². The van der Waals surface area contributed by atoms with E-state index in [1.807, 2.05) is 18.2 Å². The molecule has 0 saturated carbocycles. The Balaban J connectivity index is 0.00000392. The van der Waals surface area contributed by atoms with Crippen molar-refractivity contribution in [3.8, 4) is 11.4 Å². The van der Waals surface area contributed by atoms with Crippen molar-refractivity contribution in [1.82, 2.24) is 15.0 Å². The Hall–Kier alpha value is -1.92. The molecule has 1 aromatic heterocycles. The summed E-state index contributed by atoms with van der Waals surface area (Å²) < 4.78 is 5.36. The van der Waals surface area contributed by atoms with E-state index in [4.69, 9.17) is 10.3 Å². The van der Waals surface area contributed by atoms with Crippen LogP contribution in [0.15, 0.2) is 28.8 Å². The van der Waals surface area contributed by atoms with Crippen molar-refractivity contribution < 1.29 is 9.32 Å². The minimum Gasteiger partial charge on any atom is -0.342 e. The van der Waals surface area contributed by atoms with E-state index in [-0.39, 0.29) is 29.8 Å². The van der Waals surface area contributed by atoms with E-state index in [1.165, 1.54) is 0 Å². The molecule has 0 fully saturated rings. The van der Waals surface area contributed by atoms with Crippen LogP contribution in [0.5, 0.6) is 0 Å². The van der Waals surface area contributed by atoms with Gasteiger partial charge in [-0.05, 0) is 29.9 Å². The molecule has 6 nitrogen and oxygen atoms in total. The lowest BCUT2D eigenvalue weighted by Crippen LogP contribution is -2.34. The number of nitrogens with zero attached hydrogens (tertiary/aromatic N) is 3. The van der Waals surface area contributed by atoms with Crippen LogP contribution in [-0.4, -0.2) is 40.6 Å². The van der Waals surface area contributed by atoms with Crippen LogP contribution in [0.2, 0.25) is 0 Å². The first-order chi connectivity index (χ1) is 12.6. The number of benzene rings is 1. The minimum absolute atomic E-state index is 0. The van der Waals surface area contributed by atoms with Gasteiger partial charge in [-0.3, -0.25) is 4.79 Å². The molecule has 0 saturated heterocycles. The normalized spacial score (nSPS) is 12.6. The molecule has 1 amide bonds. The third kappa shape index (κ3) is 6.91. The number of hydrogen-bond donors (Lipinski definition) is 1. The van der Waals surface area contributed by atoms with Crippen molar-refractivity contribution in [2.24, 2.45) is 17.1 Å². The lowest BCUT2D eigenvalue weighted by atomic mass is 9.92. The highest BCUT2D eigenvalue weighted by Crippen LogP contribution is 2.23. The van der Waals surface area contributed by atoms with Gasteiger partial charge in [0.2, 0.25) is 11.7 Å². The third-order valence-electron chi connectivity index (χ3n) is 4.52. The van der Waals surface area contributed by atoms with Gasteiger partial charge in [-0.15, -0.1) is 12.4 Å². The van der Waals surface area contributed by atoms with Gasteiger partial charge in [0, 0.05) is 37.2 Å². The molecular formula is C21H33ClN4O2. The highest BCUT2D eigenvalue weighted by Gasteiger charge is 2.19. The lowest BCUT2D eigenvalue weighted by Gasteiger charge is -2.21. The number of carbonyl (C=O) groups excluding carboxylic acids is 1. The fraction of sp³-hybridized carbons (Fsp3) is 0.571. The van der Waals surface area contributed by atoms with E-state index in [9.17, 15) is 4.79 Å². The number of hydrogen-bond acceptors (Lipinski definition) is 5. The second kappa shape index (κ2) is 10.0. The third-order valence-corrected chi connectivity index (χ3v) is 4.52. The van der Waals surface area contributed by atoms with Gasteiger partial charge in [-0.1, -0.05) is 51.9 Å². The highest BCUT2D eigenvalue weighted by molar-refractivity contribution is 5.95. The van der Waals surface area contributed by atoms with Crippen molar-refractivity contribution >= 4 is 18.3 Å². The van der Waals surface area contributed by atoms with E-state index < -0.39 is 0 Å². The first kappa shape index (κ1) is 24.1. The van der Waals surface area contributed by atoms with E-state index in [0.717, 1.165) is 12.0 Å². The van der Waals surface area contributed by atoms with E-state index in [1.54, 1.807) is 18.0 Å². The fourth-order valence-electron chi connectivity index (χ4n) is 2.69. The fourth-order valence-corrected chi connectivity index (χ4v) is 2.69. The van der Waals surface area contributed by atoms with Crippen LogP contribution >= 0.6 is 12.4 Å². The van der Waals surface area contributed by atoms with Gasteiger partial charge in [0.1, 0.15) is 0 Å². The molecule has 0 bridgehead atoms. The van der Waals surface area contributed by atoms with Crippen molar-refractivity contribution in [2.45, 2.75) is 53.5 Å². The second-order valence-electron chi connectivity index (χ2n) is 8.75. The van der Waals surface area contributed by atoms with Crippen LogP contribution in [-0.2, 0) is 6.42 Å². The number of rotatable bonds is 7. The molecule has 0 aliphatic carbocycles. The molecule has 2 aromatic rings. The molecule has 1 unspecified atom stereocenters. The first-order valence-electron chi connectivity index (χ1n) is 9.51. The van der Waals surface area contributed by atoms with Crippen LogP contribution in [0.1, 0.15) is 57.3 Å². The molecule has 28 heavy (non-hydrogen) atoms. The monoisotopic (exact) mass is 408 g/mol. The maximum Gasteiger partial charge on any atom is 0.253 e. The molecule has 1 atom stereocenters. The molecule has 2 N–H and O–H groups in total. The summed E-state index contributed by atoms with van der Waals surface area (Å²) in [6, 6.07) is 7.44. The zero-order valence-electron chi connectivity index (χ0n) is 17.7. The summed E-state index contributed by atoms with van der Waals surface area (Å²) in [4.78, 5) is 18.9. The maximum absolute atomic E-state index is 12.7. The minimum atomic E-state index is -0.0359. The van der Waals surface area contributed by atoms with Crippen LogP contribution < -0.4 is 5.73 Å².